The Morgan fingerprint density at radius 2 is 2.04 bits per heavy atom. The molecular weight excluding hydrogens is 318 g/mol. The summed E-state index contributed by atoms with van der Waals surface area (Å²) in [5.74, 6) is 1.85. The number of oxazole rings is 1. The van der Waals surface area contributed by atoms with Crippen molar-refractivity contribution < 1.29 is 4.42 Å². The molecule has 0 aliphatic rings. The maximum Gasteiger partial charge on any atom is 0.200 e. The fraction of sp³-hybridized carbons (Fsp3) is 0.474. The molecule has 0 saturated carbocycles. The number of benzene rings is 1. The van der Waals surface area contributed by atoms with Crippen molar-refractivity contribution in [3.8, 4) is 0 Å². The summed E-state index contributed by atoms with van der Waals surface area (Å²) in [6.45, 7) is 10.7. The molecule has 0 aliphatic carbocycles. The number of thioether (sulfide) groups is 1. The number of nitrogens with zero attached hydrogens (tertiary/aromatic N) is 3. The SMILES string of the molecule is CCc1ccc2nc(C(C)(C)C)oc2c1SC(C)c1nccn1C. The number of hydrogen-bond acceptors (Lipinski definition) is 4. The first-order valence-electron chi connectivity index (χ1n) is 8.38. The highest BCUT2D eigenvalue weighted by atomic mass is 32.2. The Hall–Kier alpha value is -1.75. The standard InChI is InChI=1S/C19H25N3OS/c1-7-13-8-9-14-15(23-18(21-14)19(3,4)5)16(13)24-12(2)17-20-10-11-22(17)6/h8-12H,7H2,1-6H3. The maximum absolute atomic E-state index is 6.20. The first kappa shape index (κ1) is 17.1. The van der Waals surface area contributed by atoms with Gasteiger partial charge in [0.25, 0.3) is 0 Å². The van der Waals surface area contributed by atoms with Crippen molar-refractivity contribution in [3.63, 3.8) is 0 Å². The average molecular weight is 343 g/mol. The molecule has 0 aliphatic heterocycles. The lowest BCUT2D eigenvalue weighted by Gasteiger charge is -2.14. The summed E-state index contributed by atoms with van der Waals surface area (Å²) in [6, 6.07) is 4.24. The van der Waals surface area contributed by atoms with Crippen LogP contribution in [0.2, 0.25) is 0 Å². The fourth-order valence-corrected chi connectivity index (χ4v) is 4.04. The van der Waals surface area contributed by atoms with E-state index in [1.54, 1.807) is 11.8 Å². The van der Waals surface area contributed by atoms with Crippen molar-refractivity contribution in [3.05, 3.63) is 41.8 Å². The van der Waals surface area contributed by atoms with Gasteiger partial charge >= 0.3 is 0 Å². The third kappa shape index (κ3) is 3.09. The summed E-state index contributed by atoms with van der Waals surface area (Å²) in [4.78, 5) is 10.4. The summed E-state index contributed by atoms with van der Waals surface area (Å²) in [7, 11) is 2.03. The summed E-state index contributed by atoms with van der Waals surface area (Å²) in [5, 5.41) is 0.240. The van der Waals surface area contributed by atoms with Gasteiger partial charge in [0, 0.05) is 24.9 Å². The van der Waals surface area contributed by atoms with E-state index in [-0.39, 0.29) is 10.7 Å². The summed E-state index contributed by atoms with van der Waals surface area (Å²) in [5.41, 5.74) is 3.04. The van der Waals surface area contributed by atoms with Gasteiger partial charge in [0.2, 0.25) is 5.89 Å². The van der Waals surface area contributed by atoms with Gasteiger partial charge in [-0.15, -0.1) is 11.8 Å². The van der Waals surface area contributed by atoms with Gasteiger partial charge in [-0.05, 0) is 25.0 Å². The normalized spacial score (nSPS) is 13.6. The first-order chi connectivity index (χ1) is 11.3. The van der Waals surface area contributed by atoms with Crippen molar-refractivity contribution in [1.29, 1.82) is 0 Å². The fourth-order valence-electron chi connectivity index (χ4n) is 2.74. The molecule has 0 fully saturated rings. The van der Waals surface area contributed by atoms with E-state index < -0.39 is 0 Å². The van der Waals surface area contributed by atoms with Crippen molar-refractivity contribution >= 4 is 22.9 Å². The molecule has 3 rings (SSSR count). The summed E-state index contributed by atoms with van der Waals surface area (Å²) in [6.07, 6.45) is 4.80. The molecule has 24 heavy (non-hydrogen) atoms. The number of fused-ring (bicyclic) bond motifs is 1. The third-order valence-electron chi connectivity index (χ3n) is 4.13. The van der Waals surface area contributed by atoms with Crippen LogP contribution in [0.25, 0.3) is 11.1 Å². The molecule has 0 saturated heterocycles. The highest BCUT2D eigenvalue weighted by molar-refractivity contribution is 7.99. The second kappa shape index (κ2) is 6.28. The molecule has 4 nitrogen and oxygen atoms in total. The van der Waals surface area contributed by atoms with Crippen LogP contribution < -0.4 is 0 Å². The minimum Gasteiger partial charge on any atom is -0.439 e. The van der Waals surface area contributed by atoms with Gasteiger partial charge in [0.05, 0.1) is 10.1 Å². The molecular formula is C19H25N3OS. The van der Waals surface area contributed by atoms with Crippen LogP contribution >= 0.6 is 11.8 Å². The number of rotatable bonds is 4. The zero-order chi connectivity index (χ0) is 17.5. The van der Waals surface area contributed by atoms with E-state index in [0.717, 1.165) is 29.2 Å². The third-order valence-corrected chi connectivity index (χ3v) is 5.38. The van der Waals surface area contributed by atoms with Crippen LogP contribution in [0.5, 0.6) is 0 Å². The molecule has 0 amide bonds. The van der Waals surface area contributed by atoms with E-state index >= 15 is 0 Å². The van der Waals surface area contributed by atoms with Gasteiger partial charge in [-0.25, -0.2) is 9.97 Å². The van der Waals surface area contributed by atoms with E-state index in [0.29, 0.717) is 0 Å². The van der Waals surface area contributed by atoms with E-state index in [1.807, 2.05) is 19.4 Å². The Morgan fingerprint density at radius 1 is 1.29 bits per heavy atom. The Balaban J connectivity index is 2.07. The zero-order valence-corrected chi connectivity index (χ0v) is 16.1. The summed E-state index contributed by atoms with van der Waals surface area (Å²) < 4.78 is 8.27. The predicted octanol–water partition coefficient (Wildman–Crippen LogP) is 5.27. The van der Waals surface area contributed by atoms with E-state index in [2.05, 4.69) is 56.3 Å². The topological polar surface area (TPSA) is 43.9 Å². The number of aryl methyl sites for hydroxylation is 2. The average Bonchev–Trinajstić information content (AvgIpc) is 3.13. The van der Waals surface area contributed by atoms with E-state index in [9.17, 15) is 0 Å². The predicted molar refractivity (Wildman–Crippen MR) is 99.6 cm³/mol. The van der Waals surface area contributed by atoms with Crippen LogP contribution in [0.3, 0.4) is 0 Å². The van der Waals surface area contributed by atoms with Crippen LogP contribution in [0.1, 0.15) is 57.1 Å². The van der Waals surface area contributed by atoms with Crippen molar-refractivity contribution in [2.75, 3.05) is 0 Å². The van der Waals surface area contributed by atoms with Crippen molar-refractivity contribution in [1.82, 2.24) is 14.5 Å². The van der Waals surface area contributed by atoms with Crippen LogP contribution in [0.15, 0.2) is 33.8 Å². The van der Waals surface area contributed by atoms with Gasteiger partial charge in [-0.2, -0.15) is 0 Å². The smallest absolute Gasteiger partial charge is 0.200 e. The molecule has 5 heteroatoms. The number of hydrogen-bond donors (Lipinski definition) is 0. The molecule has 1 aromatic carbocycles. The van der Waals surface area contributed by atoms with Gasteiger partial charge in [-0.1, -0.05) is 33.8 Å². The lowest BCUT2D eigenvalue weighted by atomic mass is 9.97. The molecule has 1 unspecified atom stereocenters. The van der Waals surface area contributed by atoms with Crippen LogP contribution in [0.4, 0.5) is 0 Å². The largest absolute Gasteiger partial charge is 0.439 e. The van der Waals surface area contributed by atoms with Crippen LogP contribution in [-0.2, 0) is 18.9 Å². The number of imidazole rings is 1. The van der Waals surface area contributed by atoms with Gasteiger partial charge < -0.3 is 8.98 Å². The van der Waals surface area contributed by atoms with Crippen LogP contribution in [0, 0.1) is 0 Å². The van der Waals surface area contributed by atoms with Crippen LogP contribution in [-0.4, -0.2) is 14.5 Å². The molecule has 128 valence electrons. The van der Waals surface area contributed by atoms with E-state index in [1.165, 1.54) is 10.5 Å². The zero-order valence-electron chi connectivity index (χ0n) is 15.3. The molecule has 2 heterocycles. The maximum atomic E-state index is 6.20. The molecule has 1 atom stereocenters. The summed E-state index contributed by atoms with van der Waals surface area (Å²) >= 11 is 1.80. The minimum atomic E-state index is -0.0986. The second-order valence-corrected chi connectivity index (χ2v) is 8.53. The Morgan fingerprint density at radius 3 is 2.62 bits per heavy atom. The van der Waals surface area contributed by atoms with Gasteiger partial charge in [0.15, 0.2) is 5.58 Å². The molecule has 0 bridgehead atoms. The number of aromatic nitrogens is 3. The Kier molecular flexibility index (Phi) is 4.47. The van der Waals surface area contributed by atoms with Gasteiger partial charge in [0.1, 0.15) is 11.3 Å². The minimum absolute atomic E-state index is 0.0986. The lowest BCUT2D eigenvalue weighted by Crippen LogP contribution is -2.10. The first-order valence-corrected chi connectivity index (χ1v) is 9.26. The highest BCUT2D eigenvalue weighted by Crippen LogP contribution is 2.41. The second-order valence-electron chi connectivity index (χ2n) is 7.18. The molecule has 0 N–H and O–H groups in total. The van der Waals surface area contributed by atoms with Crippen molar-refractivity contribution in [2.45, 2.75) is 56.6 Å². The lowest BCUT2D eigenvalue weighted by molar-refractivity contribution is 0.408. The Labute approximate surface area is 147 Å². The molecule has 2 aromatic heterocycles. The van der Waals surface area contributed by atoms with E-state index in [4.69, 9.17) is 9.40 Å². The molecule has 3 aromatic rings. The highest BCUT2D eigenvalue weighted by Gasteiger charge is 2.24. The van der Waals surface area contributed by atoms with Crippen molar-refractivity contribution in [2.24, 2.45) is 7.05 Å². The Bertz CT molecular complexity index is 857. The monoisotopic (exact) mass is 343 g/mol. The van der Waals surface area contributed by atoms with Gasteiger partial charge in [-0.3, -0.25) is 0 Å². The molecule has 0 radical (unpaired) electrons. The molecule has 0 spiro atoms. The quantitative estimate of drug-likeness (QED) is 0.605.